The van der Waals surface area contributed by atoms with E-state index in [1.165, 1.54) is 14.2 Å². The van der Waals surface area contributed by atoms with Crippen molar-refractivity contribution in [2.24, 2.45) is 0 Å². The van der Waals surface area contributed by atoms with Gasteiger partial charge in [-0.15, -0.1) is 0 Å². The molecule has 2 N–H and O–H groups in total. The van der Waals surface area contributed by atoms with Crippen molar-refractivity contribution >= 4 is 17.8 Å². The predicted octanol–water partition coefficient (Wildman–Crippen LogP) is 2.13. The van der Waals surface area contributed by atoms with Crippen LogP contribution < -0.4 is 20.2 Å². The van der Waals surface area contributed by atoms with Crippen LogP contribution in [0.25, 0.3) is 0 Å². The molecule has 29 heavy (non-hydrogen) atoms. The van der Waals surface area contributed by atoms with Crippen molar-refractivity contribution in [2.75, 3.05) is 14.2 Å². The standard InChI is InChI=1S/C21H23N3O5/c1-4-21(15-8-6-5-7-9-15)19(26)24(20(27)22-21)23-18(25)13-14-10-11-16(28-2)17(12-14)29-3/h5-12H,4,13H2,1-3H3,(H,22,27)(H,23,25)/t21-/m0/s1. The van der Waals surface area contributed by atoms with E-state index in [-0.39, 0.29) is 6.42 Å². The van der Waals surface area contributed by atoms with Gasteiger partial charge in [-0.25, -0.2) is 4.79 Å². The maximum Gasteiger partial charge on any atom is 0.344 e. The van der Waals surface area contributed by atoms with Crippen molar-refractivity contribution in [3.8, 4) is 11.5 Å². The molecule has 0 unspecified atom stereocenters. The van der Waals surface area contributed by atoms with Crippen LogP contribution in [0.3, 0.4) is 0 Å². The van der Waals surface area contributed by atoms with Crippen LogP contribution in [0.1, 0.15) is 24.5 Å². The van der Waals surface area contributed by atoms with Gasteiger partial charge >= 0.3 is 6.03 Å². The number of rotatable bonds is 7. The molecule has 0 saturated carbocycles. The van der Waals surface area contributed by atoms with Crippen molar-refractivity contribution in [2.45, 2.75) is 25.3 Å². The number of carbonyl (C=O) groups is 3. The second-order valence-corrected chi connectivity index (χ2v) is 6.60. The molecule has 0 aliphatic carbocycles. The van der Waals surface area contributed by atoms with E-state index in [0.717, 1.165) is 5.01 Å². The molecule has 4 amide bonds. The van der Waals surface area contributed by atoms with Crippen LogP contribution in [0.15, 0.2) is 48.5 Å². The molecule has 2 aromatic carbocycles. The molecule has 1 aliphatic rings. The number of benzene rings is 2. The zero-order valence-electron chi connectivity index (χ0n) is 16.5. The Morgan fingerprint density at radius 2 is 1.76 bits per heavy atom. The van der Waals surface area contributed by atoms with Gasteiger partial charge in [-0.3, -0.25) is 15.0 Å². The molecule has 1 aliphatic heterocycles. The minimum atomic E-state index is -1.20. The highest BCUT2D eigenvalue weighted by Gasteiger charge is 2.52. The van der Waals surface area contributed by atoms with E-state index in [0.29, 0.717) is 29.0 Å². The molecule has 1 fully saturated rings. The van der Waals surface area contributed by atoms with Crippen molar-refractivity contribution < 1.29 is 23.9 Å². The lowest BCUT2D eigenvalue weighted by Crippen LogP contribution is -2.49. The maximum absolute atomic E-state index is 13.0. The summed E-state index contributed by atoms with van der Waals surface area (Å²) in [5, 5.41) is 3.47. The minimum Gasteiger partial charge on any atom is -0.493 e. The Balaban J connectivity index is 1.76. The molecule has 0 aromatic heterocycles. The Labute approximate surface area is 168 Å². The number of carbonyl (C=O) groups excluding carboxylic acids is 3. The summed E-state index contributed by atoms with van der Waals surface area (Å²) in [6, 6.07) is 13.4. The predicted molar refractivity (Wildman–Crippen MR) is 105 cm³/mol. The van der Waals surface area contributed by atoms with Gasteiger partial charge in [-0.1, -0.05) is 43.3 Å². The number of imide groups is 1. The number of nitrogens with one attached hydrogen (secondary N) is 2. The Morgan fingerprint density at radius 1 is 1.07 bits per heavy atom. The van der Waals surface area contributed by atoms with Gasteiger partial charge in [0, 0.05) is 0 Å². The summed E-state index contributed by atoms with van der Waals surface area (Å²) in [6.45, 7) is 1.81. The molecule has 1 atom stereocenters. The number of nitrogens with zero attached hydrogens (tertiary/aromatic N) is 1. The van der Waals surface area contributed by atoms with Crippen molar-refractivity contribution in [3.05, 3.63) is 59.7 Å². The first-order valence-corrected chi connectivity index (χ1v) is 9.17. The average Bonchev–Trinajstić information content (AvgIpc) is 2.99. The Kier molecular flexibility index (Phi) is 5.72. The van der Waals surface area contributed by atoms with E-state index in [1.54, 1.807) is 49.4 Å². The lowest BCUT2D eigenvalue weighted by molar-refractivity contribution is -0.139. The Bertz CT molecular complexity index is 931. The fourth-order valence-corrected chi connectivity index (χ4v) is 3.38. The fraction of sp³-hybridized carbons (Fsp3) is 0.286. The molecule has 8 nitrogen and oxygen atoms in total. The number of urea groups is 1. The normalized spacial score (nSPS) is 18.4. The summed E-state index contributed by atoms with van der Waals surface area (Å²) in [5.74, 6) is 0.0146. The topological polar surface area (TPSA) is 97.0 Å². The summed E-state index contributed by atoms with van der Waals surface area (Å²) >= 11 is 0. The van der Waals surface area contributed by atoms with Crippen LogP contribution in [0.2, 0.25) is 0 Å². The number of ether oxygens (including phenoxy) is 2. The Morgan fingerprint density at radius 3 is 2.38 bits per heavy atom. The highest BCUT2D eigenvalue weighted by molar-refractivity contribution is 6.08. The molecule has 0 spiro atoms. The number of hydrazine groups is 1. The highest BCUT2D eigenvalue weighted by atomic mass is 16.5. The van der Waals surface area contributed by atoms with E-state index >= 15 is 0 Å². The van der Waals surface area contributed by atoms with Gasteiger partial charge in [0.1, 0.15) is 5.54 Å². The number of methoxy groups -OCH3 is 2. The molecule has 3 rings (SSSR count). The van der Waals surface area contributed by atoms with Crippen LogP contribution in [0.5, 0.6) is 11.5 Å². The third-order valence-electron chi connectivity index (χ3n) is 4.94. The Hall–Kier alpha value is -3.55. The first-order valence-electron chi connectivity index (χ1n) is 9.17. The van der Waals surface area contributed by atoms with Crippen LogP contribution in [0.4, 0.5) is 4.79 Å². The second kappa shape index (κ2) is 8.22. The molecule has 0 bridgehead atoms. The third kappa shape index (κ3) is 3.73. The molecule has 1 heterocycles. The van der Waals surface area contributed by atoms with Gasteiger partial charge in [-0.2, -0.15) is 5.01 Å². The van der Waals surface area contributed by atoms with Crippen molar-refractivity contribution in [1.29, 1.82) is 0 Å². The van der Waals surface area contributed by atoms with Gasteiger partial charge in [0.25, 0.3) is 5.91 Å². The lowest BCUT2D eigenvalue weighted by atomic mass is 9.87. The molecule has 1 saturated heterocycles. The first-order chi connectivity index (χ1) is 13.9. The minimum absolute atomic E-state index is 0.0398. The molecule has 2 aromatic rings. The summed E-state index contributed by atoms with van der Waals surface area (Å²) in [5.41, 5.74) is 2.53. The second-order valence-electron chi connectivity index (χ2n) is 6.60. The van der Waals surface area contributed by atoms with E-state index in [1.807, 2.05) is 6.07 Å². The number of hydrogen-bond acceptors (Lipinski definition) is 5. The van der Waals surface area contributed by atoms with Crippen LogP contribution in [-0.4, -0.2) is 37.1 Å². The maximum atomic E-state index is 13.0. The molecular weight excluding hydrogens is 374 g/mol. The first kappa shape index (κ1) is 20.2. The van der Waals surface area contributed by atoms with E-state index < -0.39 is 23.4 Å². The SMILES string of the molecule is CC[C@@]1(c2ccccc2)NC(=O)N(NC(=O)Cc2ccc(OC)c(OC)c2)C1=O. The van der Waals surface area contributed by atoms with Crippen molar-refractivity contribution in [1.82, 2.24) is 15.8 Å². The summed E-state index contributed by atoms with van der Waals surface area (Å²) in [4.78, 5) is 38.0. The van der Waals surface area contributed by atoms with E-state index in [2.05, 4.69) is 10.7 Å². The van der Waals surface area contributed by atoms with Gasteiger partial charge in [0.2, 0.25) is 5.91 Å². The smallest absolute Gasteiger partial charge is 0.344 e. The highest BCUT2D eigenvalue weighted by Crippen LogP contribution is 2.31. The van der Waals surface area contributed by atoms with E-state index in [9.17, 15) is 14.4 Å². The summed E-state index contributed by atoms with van der Waals surface area (Å²) in [7, 11) is 3.03. The zero-order valence-corrected chi connectivity index (χ0v) is 16.5. The van der Waals surface area contributed by atoms with E-state index in [4.69, 9.17) is 9.47 Å². The fourth-order valence-electron chi connectivity index (χ4n) is 3.38. The van der Waals surface area contributed by atoms with Crippen LogP contribution in [0, 0.1) is 0 Å². The lowest BCUT2D eigenvalue weighted by Gasteiger charge is -2.25. The molecular formula is C21H23N3O5. The quantitative estimate of drug-likeness (QED) is 0.698. The monoisotopic (exact) mass is 397 g/mol. The molecule has 8 heteroatoms. The third-order valence-corrected chi connectivity index (χ3v) is 4.94. The molecule has 0 radical (unpaired) electrons. The van der Waals surface area contributed by atoms with Gasteiger partial charge in [0.15, 0.2) is 11.5 Å². The summed E-state index contributed by atoms with van der Waals surface area (Å²) in [6.07, 6.45) is 0.311. The average molecular weight is 397 g/mol. The van der Waals surface area contributed by atoms with Crippen molar-refractivity contribution in [3.63, 3.8) is 0 Å². The van der Waals surface area contributed by atoms with Crippen LogP contribution >= 0.6 is 0 Å². The summed E-state index contributed by atoms with van der Waals surface area (Å²) < 4.78 is 10.4. The largest absolute Gasteiger partial charge is 0.493 e. The zero-order chi connectivity index (χ0) is 21.0. The number of hydrogen-bond donors (Lipinski definition) is 2. The van der Waals surface area contributed by atoms with Gasteiger partial charge < -0.3 is 14.8 Å². The molecule has 152 valence electrons. The van der Waals surface area contributed by atoms with Crippen LogP contribution in [-0.2, 0) is 21.5 Å². The van der Waals surface area contributed by atoms with Gasteiger partial charge in [0.05, 0.1) is 20.6 Å². The van der Waals surface area contributed by atoms with Gasteiger partial charge in [-0.05, 0) is 29.7 Å². The number of amides is 4.